The normalized spacial score (nSPS) is 16.4. The SMILES string of the molecule is CCC(CC(N)C(=O)O)C(C)c1ccc(C(F)(F)F)c(C(F)(F)F)c1. The zero-order valence-corrected chi connectivity index (χ0v) is 13.6. The molecule has 0 bridgehead atoms. The molecule has 9 heteroatoms. The van der Waals surface area contributed by atoms with Crippen molar-refractivity contribution in [1.82, 2.24) is 0 Å². The predicted molar refractivity (Wildman–Crippen MR) is 78.9 cm³/mol. The summed E-state index contributed by atoms with van der Waals surface area (Å²) in [5, 5.41) is 8.86. The Labute approximate surface area is 140 Å². The Morgan fingerprint density at radius 3 is 2.04 bits per heavy atom. The van der Waals surface area contributed by atoms with Crippen LogP contribution in [0.25, 0.3) is 0 Å². The molecule has 1 rings (SSSR count). The van der Waals surface area contributed by atoms with E-state index in [0.29, 0.717) is 18.6 Å². The van der Waals surface area contributed by atoms with Gasteiger partial charge in [0.15, 0.2) is 0 Å². The fourth-order valence-corrected chi connectivity index (χ4v) is 2.75. The number of hydrogen-bond donors (Lipinski definition) is 2. The van der Waals surface area contributed by atoms with Crippen molar-refractivity contribution >= 4 is 5.97 Å². The molecular weight excluding hydrogens is 352 g/mol. The van der Waals surface area contributed by atoms with Gasteiger partial charge in [-0.15, -0.1) is 0 Å². The van der Waals surface area contributed by atoms with E-state index in [1.807, 2.05) is 0 Å². The van der Waals surface area contributed by atoms with Crippen molar-refractivity contribution in [1.29, 1.82) is 0 Å². The topological polar surface area (TPSA) is 63.3 Å². The summed E-state index contributed by atoms with van der Waals surface area (Å²) < 4.78 is 77.5. The van der Waals surface area contributed by atoms with Gasteiger partial charge in [0.2, 0.25) is 0 Å². The number of alkyl halides is 6. The molecule has 1 aromatic carbocycles. The largest absolute Gasteiger partial charge is 0.480 e. The second-order valence-electron chi connectivity index (χ2n) is 5.94. The molecule has 0 aliphatic rings. The molecule has 3 atom stereocenters. The van der Waals surface area contributed by atoms with Crippen LogP contribution in [-0.2, 0) is 17.1 Å². The Morgan fingerprint density at radius 2 is 1.64 bits per heavy atom. The maximum Gasteiger partial charge on any atom is 0.417 e. The lowest BCUT2D eigenvalue weighted by Crippen LogP contribution is -2.33. The summed E-state index contributed by atoms with van der Waals surface area (Å²) >= 11 is 0. The van der Waals surface area contributed by atoms with Crippen molar-refractivity contribution in [3.05, 3.63) is 34.9 Å². The molecule has 3 N–H and O–H groups in total. The molecule has 3 nitrogen and oxygen atoms in total. The first kappa shape index (κ1) is 21.3. The van der Waals surface area contributed by atoms with Gasteiger partial charge in [-0.25, -0.2) is 0 Å². The first-order chi connectivity index (χ1) is 11.3. The third-order valence-electron chi connectivity index (χ3n) is 4.29. The summed E-state index contributed by atoms with van der Waals surface area (Å²) in [6, 6.07) is 0.711. The number of hydrogen-bond acceptors (Lipinski definition) is 2. The van der Waals surface area contributed by atoms with Crippen LogP contribution in [0.2, 0.25) is 0 Å². The highest BCUT2D eigenvalue weighted by Gasteiger charge is 2.43. The second-order valence-corrected chi connectivity index (χ2v) is 5.94. The van der Waals surface area contributed by atoms with Crippen molar-refractivity contribution in [2.75, 3.05) is 0 Å². The van der Waals surface area contributed by atoms with Crippen LogP contribution < -0.4 is 5.73 Å². The van der Waals surface area contributed by atoms with Crippen molar-refractivity contribution in [2.24, 2.45) is 11.7 Å². The average molecular weight is 371 g/mol. The number of rotatable bonds is 6. The minimum atomic E-state index is -5.15. The van der Waals surface area contributed by atoms with Crippen LogP contribution in [0.3, 0.4) is 0 Å². The minimum Gasteiger partial charge on any atom is -0.480 e. The maximum absolute atomic E-state index is 13.0. The van der Waals surface area contributed by atoms with Gasteiger partial charge in [-0.1, -0.05) is 26.3 Å². The highest BCUT2D eigenvalue weighted by atomic mass is 19.4. The number of nitrogens with two attached hydrogens (primary N) is 1. The third kappa shape index (κ3) is 5.35. The van der Waals surface area contributed by atoms with Gasteiger partial charge in [0.25, 0.3) is 0 Å². The summed E-state index contributed by atoms with van der Waals surface area (Å²) in [5.74, 6) is -2.21. The Kier molecular flexibility index (Phi) is 6.50. The van der Waals surface area contributed by atoms with Gasteiger partial charge >= 0.3 is 18.3 Å². The summed E-state index contributed by atoms with van der Waals surface area (Å²) in [5.41, 5.74) is 2.03. The summed E-state index contributed by atoms with van der Waals surface area (Å²) in [6.45, 7) is 3.26. The van der Waals surface area contributed by atoms with Gasteiger partial charge in [0.05, 0.1) is 11.1 Å². The van der Waals surface area contributed by atoms with Crippen LogP contribution in [0, 0.1) is 5.92 Å². The lowest BCUT2D eigenvalue weighted by atomic mass is 9.81. The fraction of sp³-hybridized carbons (Fsp3) is 0.562. The number of aliphatic carboxylic acids is 1. The molecule has 3 unspecified atom stereocenters. The first-order valence-corrected chi connectivity index (χ1v) is 7.55. The Morgan fingerprint density at radius 1 is 1.12 bits per heavy atom. The molecule has 0 aliphatic carbocycles. The van der Waals surface area contributed by atoms with Crippen LogP contribution in [0.1, 0.15) is 49.3 Å². The predicted octanol–water partition coefficient (Wildman–Crippen LogP) is 4.66. The lowest BCUT2D eigenvalue weighted by Gasteiger charge is -2.26. The highest BCUT2D eigenvalue weighted by Crippen LogP contribution is 2.42. The average Bonchev–Trinajstić information content (AvgIpc) is 2.49. The molecule has 0 saturated heterocycles. The Balaban J connectivity index is 3.26. The van der Waals surface area contributed by atoms with E-state index in [4.69, 9.17) is 10.8 Å². The standard InChI is InChI=1S/C16H19F6NO2/c1-3-9(7-13(23)14(24)25)8(2)10-4-5-11(15(17,18)19)12(6-10)16(20,21)22/h4-6,8-9,13H,3,7,23H2,1-2H3,(H,24,25). The third-order valence-corrected chi connectivity index (χ3v) is 4.29. The molecule has 0 heterocycles. The van der Waals surface area contributed by atoms with Gasteiger partial charge < -0.3 is 10.8 Å². The molecule has 0 saturated carbocycles. The van der Waals surface area contributed by atoms with Gasteiger partial charge in [0, 0.05) is 0 Å². The molecular formula is C16H19F6NO2. The number of benzene rings is 1. The highest BCUT2D eigenvalue weighted by molar-refractivity contribution is 5.73. The molecule has 1 aromatic rings. The smallest absolute Gasteiger partial charge is 0.417 e. The molecule has 0 aromatic heterocycles. The van der Waals surface area contributed by atoms with E-state index in [-0.39, 0.29) is 17.9 Å². The molecule has 25 heavy (non-hydrogen) atoms. The van der Waals surface area contributed by atoms with E-state index < -0.39 is 41.4 Å². The fourth-order valence-electron chi connectivity index (χ4n) is 2.75. The summed E-state index contributed by atoms with van der Waals surface area (Å²) in [4.78, 5) is 10.9. The lowest BCUT2D eigenvalue weighted by molar-refractivity contribution is -0.162. The minimum absolute atomic E-state index is 0.00930. The van der Waals surface area contributed by atoms with Gasteiger partial charge in [-0.3, -0.25) is 4.79 Å². The van der Waals surface area contributed by atoms with Crippen molar-refractivity contribution in [2.45, 2.75) is 51.0 Å². The number of halogens is 6. The quantitative estimate of drug-likeness (QED) is 0.715. The van der Waals surface area contributed by atoms with E-state index in [2.05, 4.69) is 0 Å². The molecule has 0 spiro atoms. The maximum atomic E-state index is 13.0. The zero-order valence-electron chi connectivity index (χ0n) is 13.6. The molecule has 0 amide bonds. The monoisotopic (exact) mass is 371 g/mol. The van der Waals surface area contributed by atoms with Crippen molar-refractivity contribution < 1.29 is 36.2 Å². The first-order valence-electron chi connectivity index (χ1n) is 7.55. The van der Waals surface area contributed by atoms with Gasteiger partial charge in [-0.05, 0) is 36.0 Å². The van der Waals surface area contributed by atoms with Crippen LogP contribution in [-0.4, -0.2) is 17.1 Å². The Hall–Kier alpha value is -1.77. The van der Waals surface area contributed by atoms with E-state index in [9.17, 15) is 31.1 Å². The van der Waals surface area contributed by atoms with Crippen molar-refractivity contribution in [3.63, 3.8) is 0 Å². The zero-order chi connectivity index (χ0) is 19.6. The summed E-state index contributed by atoms with van der Waals surface area (Å²) in [7, 11) is 0. The molecule has 142 valence electrons. The molecule has 0 fully saturated rings. The number of carboxylic acid groups (broad SMARTS) is 1. The van der Waals surface area contributed by atoms with E-state index in [0.717, 1.165) is 6.07 Å². The van der Waals surface area contributed by atoms with E-state index >= 15 is 0 Å². The Bertz CT molecular complexity index is 612. The van der Waals surface area contributed by atoms with Crippen LogP contribution in [0.4, 0.5) is 26.3 Å². The van der Waals surface area contributed by atoms with Crippen LogP contribution in [0.5, 0.6) is 0 Å². The second kappa shape index (κ2) is 7.63. The van der Waals surface area contributed by atoms with Gasteiger partial charge in [0.1, 0.15) is 6.04 Å². The van der Waals surface area contributed by atoms with Crippen molar-refractivity contribution in [3.8, 4) is 0 Å². The summed E-state index contributed by atoms with van der Waals surface area (Å²) in [6.07, 6.45) is -9.85. The molecule has 0 radical (unpaired) electrons. The van der Waals surface area contributed by atoms with Crippen LogP contribution in [0.15, 0.2) is 18.2 Å². The van der Waals surface area contributed by atoms with Crippen LogP contribution >= 0.6 is 0 Å². The number of carboxylic acids is 1. The molecule has 0 aliphatic heterocycles. The van der Waals surface area contributed by atoms with E-state index in [1.54, 1.807) is 13.8 Å². The van der Waals surface area contributed by atoms with E-state index in [1.165, 1.54) is 0 Å². The number of carbonyl (C=O) groups is 1. The van der Waals surface area contributed by atoms with Gasteiger partial charge in [-0.2, -0.15) is 26.3 Å².